The molecule has 1 aromatic heterocycles. The van der Waals surface area contributed by atoms with Crippen LogP contribution in [0, 0.1) is 6.92 Å². The van der Waals surface area contributed by atoms with E-state index in [9.17, 15) is 4.21 Å². The highest BCUT2D eigenvalue weighted by Gasteiger charge is 2.18. The SMILES string of the molecule is Cc1c(N)cccc1S(=O)Cc1ccn(C2CCCC2)n1. The predicted molar refractivity (Wildman–Crippen MR) is 85.4 cm³/mol. The Balaban J connectivity index is 1.74. The molecular weight excluding hydrogens is 282 g/mol. The first kappa shape index (κ1) is 14.3. The van der Waals surface area contributed by atoms with Gasteiger partial charge in [-0.3, -0.25) is 8.89 Å². The van der Waals surface area contributed by atoms with Crippen molar-refractivity contribution in [2.24, 2.45) is 0 Å². The van der Waals surface area contributed by atoms with Crippen molar-refractivity contribution in [1.82, 2.24) is 9.78 Å². The van der Waals surface area contributed by atoms with E-state index in [0.717, 1.165) is 16.2 Å². The summed E-state index contributed by atoms with van der Waals surface area (Å²) >= 11 is 0. The molecule has 1 saturated carbocycles. The zero-order valence-electron chi connectivity index (χ0n) is 12.3. The van der Waals surface area contributed by atoms with E-state index in [1.807, 2.05) is 42.1 Å². The van der Waals surface area contributed by atoms with E-state index in [2.05, 4.69) is 5.10 Å². The van der Waals surface area contributed by atoms with Crippen LogP contribution < -0.4 is 5.73 Å². The molecule has 0 saturated heterocycles. The highest BCUT2D eigenvalue weighted by atomic mass is 32.2. The van der Waals surface area contributed by atoms with Crippen LogP contribution in [0.2, 0.25) is 0 Å². The molecule has 3 rings (SSSR count). The Morgan fingerprint density at radius 2 is 2.10 bits per heavy atom. The van der Waals surface area contributed by atoms with Crippen LogP contribution in [-0.2, 0) is 16.6 Å². The third-order valence-electron chi connectivity index (χ3n) is 4.21. The Kier molecular flexibility index (Phi) is 4.10. The van der Waals surface area contributed by atoms with Gasteiger partial charge in [0.05, 0.1) is 28.3 Å². The second-order valence-corrected chi connectivity index (χ2v) is 7.11. The molecule has 0 aliphatic heterocycles. The largest absolute Gasteiger partial charge is 0.398 e. The van der Waals surface area contributed by atoms with Crippen molar-refractivity contribution in [1.29, 1.82) is 0 Å². The van der Waals surface area contributed by atoms with Crippen LogP contribution in [-0.4, -0.2) is 14.0 Å². The molecule has 4 nitrogen and oxygen atoms in total. The van der Waals surface area contributed by atoms with Gasteiger partial charge in [0.1, 0.15) is 0 Å². The molecule has 1 atom stereocenters. The summed E-state index contributed by atoms with van der Waals surface area (Å²) in [5.74, 6) is 0.448. The number of anilines is 1. The molecule has 0 bridgehead atoms. The van der Waals surface area contributed by atoms with Gasteiger partial charge in [-0.05, 0) is 43.5 Å². The van der Waals surface area contributed by atoms with Gasteiger partial charge in [-0.1, -0.05) is 18.9 Å². The topological polar surface area (TPSA) is 60.9 Å². The van der Waals surface area contributed by atoms with Crippen molar-refractivity contribution >= 4 is 16.5 Å². The van der Waals surface area contributed by atoms with Gasteiger partial charge in [-0.25, -0.2) is 0 Å². The Morgan fingerprint density at radius 1 is 1.33 bits per heavy atom. The molecule has 1 fully saturated rings. The van der Waals surface area contributed by atoms with Gasteiger partial charge < -0.3 is 5.73 Å². The van der Waals surface area contributed by atoms with Crippen molar-refractivity contribution in [2.45, 2.75) is 49.3 Å². The molecule has 1 unspecified atom stereocenters. The first-order chi connectivity index (χ1) is 10.1. The fraction of sp³-hybridized carbons (Fsp3) is 0.438. The second-order valence-electron chi connectivity index (χ2n) is 5.69. The van der Waals surface area contributed by atoms with Gasteiger partial charge in [0.15, 0.2) is 0 Å². The summed E-state index contributed by atoms with van der Waals surface area (Å²) in [5.41, 5.74) is 8.38. The summed E-state index contributed by atoms with van der Waals surface area (Å²) in [6.45, 7) is 1.92. The Hall–Kier alpha value is -1.62. The summed E-state index contributed by atoms with van der Waals surface area (Å²) in [6.07, 6.45) is 7.01. The molecule has 0 radical (unpaired) electrons. The molecule has 2 aromatic rings. The van der Waals surface area contributed by atoms with E-state index >= 15 is 0 Å². The van der Waals surface area contributed by atoms with E-state index in [4.69, 9.17) is 5.73 Å². The van der Waals surface area contributed by atoms with Gasteiger partial charge >= 0.3 is 0 Å². The van der Waals surface area contributed by atoms with Crippen LogP contribution in [0.1, 0.15) is 43.0 Å². The molecule has 1 heterocycles. The Bertz CT molecular complexity index is 659. The molecule has 5 heteroatoms. The number of aromatic nitrogens is 2. The van der Waals surface area contributed by atoms with E-state index in [0.29, 0.717) is 17.5 Å². The lowest BCUT2D eigenvalue weighted by atomic mass is 10.2. The van der Waals surface area contributed by atoms with Crippen molar-refractivity contribution in [2.75, 3.05) is 5.73 Å². The number of hydrogen-bond donors (Lipinski definition) is 1. The lowest BCUT2D eigenvalue weighted by Gasteiger charge is -2.09. The van der Waals surface area contributed by atoms with Crippen molar-refractivity contribution in [3.63, 3.8) is 0 Å². The number of nitrogens with zero attached hydrogens (tertiary/aromatic N) is 2. The van der Waals surface area contributed by atoms with Crippen LogP contribution in [0.15, 0.2) is 35.4 Å². The molecule has 1 aliphatic rings. The summed E-state index contributed by atoms with van der Waals surface area (Å²) in [4.78, 5) is 0.811. The summed E-state index contributed by atoms with van der Waals surface area (Å²) in [7, 11) is -1.10. The second kappa shape index (κ2) is 6.02. The van der Waals surface area contributed by atoms with Crippen LogP contribution >= 0.6 is 0 Å². The summed E-state index contributed by atoms with van der Waals surface area (Å²) in [5, 5.41) is 4.60. The monoisotopic (exact) mass is 303 g/mol. The molecule has 1 aromatic carbocycles. The molecule has 112 valence electrons. The molecule has 0 amide bonds. The van der Waals surface area contributed by atoms with Gasteiger partial charge in [0.25, 0.3) is 0 Å². The Morgan fingerprint density at radius 3 is 2.86 bits per heavy atom. The quantitative estimate of drug-likeness (QED) is 0.882. The van der Waals surface area contributed by atoms with E-state index in [-0.39, 0.29) is 0 Å². The third-order valence-corrected chi connectivity index (χ3v) is 5.70. The molecule has 0 spiro atoms. The smallest absolute Gasteiger partial charge is 0.0753 e. The van der Waals surface area contributed by atoms with Crippen molar-refractivity contribution in [3.05, 3.63) is 41.7 Å². The van der Waals surface area contributed by atoms with Crippen LogP contribution in [0.3, 0.4) is 0 Å². The lowest BCUT2D eigenvalue weighted by Crippen LogP contribution is -2.07. The average molecular weight is 303 g/mol. The number of hydrogen-bond acceptors (Lipinski definition) is 3. The molecule has 21 heavy (non-hydrogen) atoms. The van der Waals surface area contributed by atoms with Crippen LogP contribution in [0.5, 0.6) is 0 Å². The minimum atomic E-state index is -1.10. The van der Waals surface area contributed by atoms with Gasteiger partial charge in [-0.2, -0.15) is 5.10 Å². The minimum absolute atomic E-state index is 0.448. The van der Waals surface area contributed by atoms with Gasteiger partial charge in [-0.15, -0.1) is 0 Å². The van der Waals surface area contributed by atoms with E-state index < -0.39 is 10.8 Å². The maximum Gasteiger partial charge on any atom is 0.0753 e. The highest BCUT2D eigenvalue weighted by molar-refractivity contribution is 7.84. The van der Waals surface area contributed by atoms with Crippen molar-refractivity contribution < 1.29 is 4.21 Å². The Labute approximate surface area is 127 Å². The molecule has 1 aliphatic carbocycles. The van der Waals surface area contributed by atoms with Crippen LogP contribution in [0.25, 0.3) is 0 Å². The van der Waals surface area contributed by atoms with Crippen LogP contribution in [0.4, 0.5) is 5.69 Å². The summed E-state index contributed by atoms with van der Waals surface area (Å²) < 4.78 is 14.6. The predicted octanol–water partition coefficient (Wildman–Crippen LogP) is 3.20. The number of nitrogens with two attached hydrogens (primary N) is 1. The molecular formula is C16H21N3OS. The normalized spacial score (nSPS) is 17.2. The fourth-order valence-corrected chi connectivity index (χ4v) is 4.18. The number of nitrogen functional groups attached to an aromatic ring is 1. The van der Waals surface area contributed by atoms with E-state index in [1.54, 1.807) is 0 Å². The zero-order chi connectivity index (χ0) is 14.8. The summed E-state index contributed by atoms with van der Waals surface area (Å²) in [6, 6.07) is 8.09. The maximum absolute atomic E-state index is 12.5. The first-order valence-corrected chi connectivity index (χ1v) is 8.74. The van der Waals surface area contributed by atoms with Crippen molar-refractivity contribution in [3.8, 4) is 0 Å². The standard InChI is InChI=1S/C16H21N3OS/c1-12-15(17)7-4-8-16(12)21(20)11-13-9-10-19(18-13)14-5-2-3-6-14/h4,7-10,14H,2-3,5-6,11,17H2,1H3. The van der Waals surface area contributed by atoms with Gasteiger partial charge in [0, 0.05) is 16.8 Å². The minimum Gasteiger partial charge on any atom is -0.398 e. The lowest BCUT2D eigenvalue weighted by molar-refractivity contribution is 0.464. The third kappa shape index (κ3) is 3.02. The van der Waals surface area contributed by atoms with Gasteiger partial charge in [0.2, 0.25) is 0 Å². The maximum atomic E-state index is 12.5. The van der Waals surface area contributed by atoms with E-state index in [1.165, 1.54) is 25.7 Å². The number of rotatable bonds is 4. The zero-order valence-corrected chi connectivity index (χ0v) is 13.1. The fourth-order valence-electron chi connectivity index (χ4n) is 2.92. The number of benzene rings is 1. The highest BCUT2D eigenvalue weighted by Crippen LogP contribution is 2.29. The molecule has 2 N–H and O–H groups in total. The average Bonchev–Trinajstić information content (AvgIpc) is 3.12. The first-order valence-electron chi connectivity index (χ1n) is 7.42.